The van der Waals surface area contributed by atoms with Crippen LogP contribution >= 0.6 is 0 Å². The lowest BCUT2D eigenvalue weighted by molar-refractivity contribution is -0.129. The van der Waals surface area contributed by atoms with Crippen molar-refractivity contribution in [2.24, 2.45) is 0 Å². The molecule has 4 rings (SSSR count). The summed E-state index contributed by atoms with van der Waals surface area (Å²) in [5, 5.41) is 5.73. The van der Waals surface area contributed by atoms with Crippen LogP contribution in [0.3, 0.4) is 0 Å². The molecule has 0 aliphatic carbocycles. The van der Waals surface area contributed by atoms with Gasteiger partial charge in [0.1, 0.15) is 0 Å². The molecule has 0 spiro atoms. The standard InChI is InChI=1S/C21H23N3O4/c1-14(16-5-3-2-4-6-16)24-12-17(10-20(24)25)23-21(26)22-11-15-7-8-18-19(9-15)28-13-27-18/h2-9,14,17H,10-13H2,1H3,(H2,22,23,26). The fourth-order valence-corrected chi connectivity index (χ4v) is 3.58. The van der Waals surface area contributed by atoms with Crippen LogP contribution in [0, 0.1) is 0 Å². The molecule has 3 amide bonds. The minimum atomic E-state index is -0.287. The summed E-state index contributed by atoms with van der Waals surface area (Å²) in [5.41, 5.74) is 2.00. The van der Waals surface area contributed by atoms with Crippen LogP contribution in [0.15, 0.2) is 48.5 Å². The zero-order valence-electron chi connectivity index (χ0n) is 15.7. The van der Waals surface area contributed by atoms with Crippen LogP contribution in [-0.4, -0.2) is 36.2 Å². The lowest BCUT2D eigenvalue weighted by Crippen LogP contribution is -2.43. The number of likely N-dealkylation sites (tertiary alicyclic amines) is 1. The molecule has 0 bridgehead atoms. The summed E-state index contributed by atoms with van der Waals surface area (Å²) in [6, 6.07) is 15.0. The summed E-state index contributed by atoms with van der Waals surface area (Å²) in [7, 11) is 0. The second-order valence-corrected chi connectivity index (χ2v) is 7.05. The third kappa shape index (κ3) is 3.88. The fraction of sp³-hybridized carbons (Fsp3) is 0.333. The van der Waals surface area contributed by atoms with Gasteiger partial charge in [-0.2, -0.15) is 0 Å². The van der Waals surface area contributed by atoms with E-state index in [1.165, 1.54) is 0 Å². The Balaban J connectivity index is 1.28. The average molecular weight is 381 g/mol. The Labute approximate surface area is 163 Å². The molecule has 2 atom stereocenters. The Morgan fingerprint density at radius 3 is 2.79 bits per heavy atom. The minimum Gasteiger partial charge on any atom is -0.454 e. The van der Waals surface area contributed by atoms with E-state index in [1.807, 2.05) is 60.4 Å². The van der Waals surface area contributed by atoms with E-state index < -0.39 is 0 Å². The van der Waals surface area contributed by atoms with E-state index in [9.17, 15) is 9.59 Å². The lowest BCUT2D eigenvalue weighted by Gasteiger charge is -2.25. The maximum atomic E-state index is 12.4. The topological polar surface area (TPSA) is 79.9 Å². The Morgan fingerprint density at radius 1 is 1.18 bits per heavy atom. The van der Waals surface area contributed by atoms with Gasteiger partial charge in [-0.05, 0) is 30.2 Å². The highest BCUT2D eigenvalue weighted by molar-refractivity contribution is 5.82. The monoisotopic (exact) mass is 381 g/mol. The number of carbonyl (C=O) groups excluding carboxylic acids is 2. The van der Waals surface area contributed by atoms with Gasteiger partial charge in [0.05, 0.1) is 12.1 Å². The normalized spacial score (nSPS) is 18.8. The molecule has 1 saturated heterocycles. The molecule has 0 saturated carbocycles. The molecule has 2 unspecified atom stereocenters. The molecule has 7 nitrogen and oxygen atoms in total. The molecule has 0 aromatic heterocycles. The van der Waals surface area contributed by atoms with Gasteiger partial charge in [0, 0.05) is 19.5 Å². The number of ether oxygens (including phenoxy) is 2. The van der Waals surface area contributed by atoms with Crippen LogP contribution < -0.4 is 20.1 Å². The first-order valence-corrected chi connectivity index (χ1v) is 9.37. The predicted octanol–water partition coefficient (Wildman–Crippen LogP) is 2.58. The number of benzene rings is 2. The van der Waals surface area contributed by atoms with Gasteiger partial charge in [0.25, 0.3) is 0 Å². The van der Waals surface area contributed by atoms with Gasteiger partial charge in [-0.3, -0.25) is 4.79 Å². The Morgan fingerprint density at radius 2 is 1.96 bits per heavy atom. The molecule has 28 heavy (non-hydrogen) atoms. The summed E-state index contributed by atoms with van der Waals surface area (Å²) < 4.78 is 10.6. The fourth-order valence-electron chi connectivity index (χ4n) is 3.58. The van der Waals surface area contributed by atoms with Gasteiger partial charge in [-0.15, -0.1) is 0 Å². The first-order valence-electron chi connectivity index (χ1n) is 9.37. The van der Waals surface area contributed by atoms with E-state index >= 15 is 0 Å². The van der Waals surface area contributed by atoms with Gasteiger partial charge in [-0.25, -0.2) is 4.79 Å². The number of fused-ring (bicyclic) bond motifs is 1. The van der Waals surface area contributed by atoms with E-state index in [4.69, 9.17) is 9.47 Å². The first kappa shape index (κ1) is 18.2. The van der Waals surface area contributed by atoms with Gasteiger partial charge in [0.2, 0.25) is 12.7 Å². The Hall–Kier alpha value is -3.22. The number of nitrogens with one attached hydrogen (secondary N) is 2. The van der Waals surface area contributed by atoms with E-state index in [2.05, 4.69) is 10.6 Å². The molecular weight excluding hydrogens is 358 g/mol. The third-order valence-electron chi connectivity index (χ3n) is 5.13. The average Bonchev–Trinajstić information content (AvgIpc) is 3.32. The highest BCUT2D eigenvalue weighted by atomic mass is 16.7. The van der Waals surface area contributed by atoms with Crippen LogP contribution in [0.4, 0.5) is 4.79 Å². The number of carbonyl (C=O) groups is 2. The maximum Gasteiger partial charge on any atom is 0.315 e. The molecule has 0 radical (unpaired) electrons. The molecular formula is C21H23N3O4. The second kappa shape index (κ2) is 7.80. The van der Waals surface area contributed by atoms with Crippen molar-refractivity contribution in [1.82, 2.24) is 15.5 Å². The number of amides is 3. The zero-order chi connectivity index (χ0) is 19.5. The van der Waals surface area contributed by atoms with Crippen molar-refractivity contribution in [3.8, 4) is 11.5 Å². The van der Waals surface area contributed by atoms with Crippen molar-refractivity contribution in [3.05, 3.63) is 59.7 Å². The van der Waals surface area contributed by atoms with Crippen molar-refractivity contribution >= 4 is 11.9 Å². The van der Waals surface area contributed by atoms with Crippen molar-refractivity contribution < 1.29 is 19.1 Å². The van der Waals surface area contributed by atoms with Crippen LogP contribution in [0.1, 0.15) is 30.5 Å². The predicted molar refractivity (Wildman–Crippen MR) is 103 cm³/mol. The van der Waals surface area contributed by atoms with Gasteiger partial charge in [-0.1, -0.05) is 36.4 Å². The van der Waals surface area contributed by atoms with Crippen LogP contribution in [-0.2, 0) is 11.3 Å². The van der Waals surface area contributed by atoms with Crippen molar-refractivity contribution in [1.29, 1.82) is 0 Å². The van der Waals surface area contributed by atoms with Crippen LogP contribution in [0.5, 0.6) is 11.5 Å². The molecule has 2 aliphatic heterocycles. The van der Waals surface area contributed by atoms with Gasteiger partial charge in [0.15, 0.2) is 11.5 Å². The molecule has 2 aliphatic rings. The lowest BCUT2D eigenvalue weighted by atomic mass is 10.1. The number of hydrogen-bond acceptors (Lipinski definition) is 4. The summed E-state index contributed by atoms with van der Waals surface area (Å²) >= 11 is 0. The zero-order valence-corrected chi connectivity index (χ0v) is 15.7. The van der Waals surface area contributed by atoms with E-state index in [1.54, 1.807) is 0 Å². The number of rotatable bonds is 5. The van der Waals surface area contributed by atoms with E-state index in [-0.39, 0.29) is 30.8 Å². The quantitative estimate of drug-likeness (QED) is 0.834. The van der Waals surface area contributed by atoms with Gasteiger partial charge >= 0.3 is 6.03 Å². The third-order valence-corrected chi connectivity index (χ3v) is 5.13. The highest BCUT2D eigenvalue weighted by Crippen LogP contribution is 2.32. The second-order valence-electron chi connectivity index (χ2n) is 7.05. The Kier molecular flexibility index (Phi) is 5.06. The summed E-state index contributed by atoms with van der Waals surface area (Å²) in [4.78, 5) is 26.5. The Bertz CT molecular complexity index is 871. The van der Waals surface area contributed by atoms with Gasteiger partial charge < -0.3 is 25.0 Å². The van der Waals surface area contributed by atoms with Crippen molar-refractivity contribution in [2.75, 3.05) is 13.3 Å². The molecule has 2 N–H and O–H groups in total. The van der Waals surface area contributed by atoms with E-state index in [0.29, 0.717) is 31.0 Å². The first-order chi connectivity index (χ1) is 13.6. The summed E-state index contributed by atoms with van der Waals surface area (Å²) in [6.07, 6.45) is 0.314. The smallest absolute Gasteiger partial charge is 0.315 e. The molecule has 146 valence electrons. The highest BCUT2D eigenvalue weighted by Gasteiger charge is 2.33. The van der Waals surface area contributed by atoms with E-state index in [0.717, 1.165) is 11.1 Å². The van der Waals surface area contributed by atoms with Crippen molar-refractivity contribution in [3.63, 3.8) is 0 Å². The largest absolute Gasteiger partial charge is 0.454 e. The molecule has 2 aromatic carbocycles. The summed E-state index contributed by atoms with van der Waals surface area (Å²) in [6.45, 7) is 3.11. The number of nitrogens with zero attached hydrogens (tertiary/aromatic N) is 1. The van der Waals surface area contributed by atoms with Crippen LogP contribution in [0.2, 0.25) is 0 Å². The van der Waals surface area contributed by atoms with Crippen LogP contribution in [0.25, 0.3) is 0 Å². The molecule has 2 aromatic rings. The number of hydrogen-bond donors (Lipinski definition) is 2. The maximum absolute atomic E-state index is 12.4. The minimum absolute atomic E-state index is 0.0165. The summed E-state index contributed by atoms with van der Waals surface area (Å²) in [5.74, 6) is 1.45. The molecule has 1 fully saturated rings. The van der Waals surface area contributed by atoms with Crippen molar-refractivity contribution in [2.45, 2.75) is 32.0 Å². The SMILES string of the molecule is CC(c1ccccc1)N1CC(NC(=O)NCc2ccc3c(c2)OCO3)CC1=O. The molecule has 2 heterocycles. The number of urea groups is 1. The molecule has 7 heteroatoms.